The van der Waals surface area contributed by atoms with Crippen molar-refractivity contribution in [2.75, 3.05) is 23.7 Å². The molecule has 3 amide bonds. The second-order valence-corrected chi connectivity index (χ2v) is 10.6. The van der Waals surface area contributed by atoms with E-state index in [1.165, 1.54) is 0 Å². The third-order valence-electron chi connectivity index (χ3n) is 5.49. The van der Waals surface area contributed by atoms with Crippen molar-refractivity contribution < 1.29 is 9.59 Å². The van der Waals surface area contributed by atoms with Crippen molar-refractivity contribution in [3.05, 3.63) is 70.3 Å². The minimum atomic E-state index is -0.307. The van der Waals surface area contributed by atoms with Crippen molar-refractivity contribution in [1.29, 1.82) is 0 Å². The van der Waals surface area contributed by atoms with Gasteiger partial charge in [0.15, 0.2) is 0 Å². The number of anilines is 2. The molecule has 0 radical (unpaired) electrons. The number of rotatable bonds is 8. The number of unbranched alkanes of at least 4 members (excludes halogenated alkanes) is 1. The number of carbonyl (C=O) groups is 2. The van der Waals surface area contributed by atoms with Crippen molar-refractivity contribution in [2.45, 2.75) is 52.9 Å². The Kier molecular flexibility index (Phi) is 8.72. The normalized spacial score (nSPS) is 11.3. The molecular weight excluding hydrogens is 506 g/mol. The maximum Gasteiger partial charge on any atom is 0.322 e. The van der Waals surface area contributed by atoms with Gasteiger partial charge in [0.05, 0.1) is 11.4 Å². The number of urea groups is 1. The molecule has 0 atom stereocenters. The molecular formula is C27H34BrN5O2. The summed E-state index contributed by atoms with van der Waals surface area (Å²) in [4.78, 5) is 27.6. The highest BCUT2D eigenvalue weighted by molar-refractivity contribution is 9.10. The van der Waals surface area contributed by atoms with E-state index in [1.807, 2.05) is 61.5 Å². The Hall–Kier alpha value is -3.13. The Morgan fingerprint density at radius 3 is 2.40 bits per heavy atom. The van der Waals surface area contributed by atoms with Crippen molar-refractivity contribution in [2.24, 2.45) is 0 Å². The Balaban J connectivity index is 1.80. The third kappa shape index (κ3) is 7.42. The molecule has 0 fully saturated rings. The lowest BCUT2D eigenvalue weighted by atomic mass is 9.92. The number of halogens is 1. The number of hydrogen-bond donors (Lipinski definition) is 2. The highest BCUT2D eigenvalue weighted by Gasteiger charge is 2.23. The summed E-state index contributed by atoms with van der Waals surface area (Å²) >= 11 is 3.40. The molecule has 0 aliphatic carbocycles. The summed E-state index contributed by atoms with van der Waals surface area (Å²) in [7, 11) is 0. The quantitative estimate of drug-likeness (QED) is 0.342. The van der Waals surface area contributed by atoms with E-state index in [0.29, 0.717) is 18.1 Å². The summed E-state index contributed by atoms with van der Waals surface area (Å²) in [5.41, 5.74) is 3.32. The lowest BCUT2D eigenvalue weighted by molar-refractivity contribution is -0.116. The number of nitrogens with one attached hydrogen (secondary N) is 2. The zero-order valence-electron chi connectivity index (χ0n) is 21.1. The van der Waals surface area contributed by atoms with Gasteiger partial charge in [0.1, 0.15) is 12.4 Å². The molecule has 186 valence electrons. The molecule has 0 bridgehead atoms. The third-order valence-corrected chi connectivity index (χ3v) is 6.02. The van der Waals surface area contributed by atoms with Gasteiger partial charge in [-0.2, -0.15) is 5.10 Å². The predicted molar refractivity (Wildman–Crippen MR) is 145 cm³/mol. The summed E-state index contributed by atoms with van der Waals surface area (Å²) in [6.45, 7) is 10.7. The molecule has 3 aromatic rings. The summed E-state index contributed by atoms with van der Waals surface area (Å²) < 4.78 is 2.68. The summed E-state index contributed by atoms with van der Waals surface area (Å²) in [5, 5.41) is 10.6. The van der Waals surface area contributed by atoms with Gasteiger partial charge in [-0.1, -0.05) is 62.2 Å². The highest BCUT2D eigenvalue weighted by Crippen LogP contribution is 2.26. The molecule has 1 heterocycles. The number of aryl methyl sites for hydroxylation is 1. The van der Waals surface area contributed by atoms with Crippen LogP contribution < -0.4 is 10.6 Å². The number of nitrogens with zero attached hydrogens (tertiary/aromatic N) is 3. The Bertz CT molecular complexity index is 1170. The van der Waals surface area contributed by atoms with E-state index < -0.39 is 0 Å². The largest absolute Gasteiger partial charge is 0.322 e. The van der Waals surface area contributed by atoms with E-state index in [0.717, 1.165) is 34.3 Å². The molecule has 0 aliphatic heterocycles. The van der Waals surface area contributed by atoms with Gasteiger partial charge in [-0.15, -0.1) is 0 Å². The van der Waals surface area contributed by atoms with Crippen molar-refractivity contribution >= 4 is 39.4 Å². The summed E-state index contributed by atoms with van der Waals surface area (Å²) in [5.74, 6) is 0.301. The van der Waals surface area contributed by atoms with Crippen LogP contribution in [0, 0.1) is 6.92 Å². The minimum Gasteiger partial charge on any atom is -0.315 e. The van der Waals surface area contributed by atoms with Crippen LogP contribution in [0.3, 0.4) is 0 Å². The molecule has 1 aromatic heterocycles. The maximum atomic E-state index is 13.1. The molecule has 0 saturated heterocycles. The average molecular weight is 541 g/mol. The van der Waals surface area contributed by atoms with Crippen LogP contribution in [0.5, 0.6) is 0 Å². The van der Waals surface area contributed by atoms with Gasteiger partial charge < -0.3 is 15.5 Å². The van der Waals surface area contributed by atoms with Crippen LogP contribution in [-0.2, 0) is 10.2 Å². The first kappa shape index (κ1) is 26.5. The summed E-state index contributed by atoms with van der Waals surface area (Å²) in [6, 6.07) is 16.9. The Labute approximate surface area is 216 Å². The molecule has 0 aliphatic rings. The molecule has 0 spiro atoms. The van der Waals surface area contributed by atoms with E-state index >= 15 is 0 Å². The van der Waals surface area contributed by atoms with Crippen molar-refractivity contribution in [1.82, 2.24) is 14.7 Å². The number of hydrogen-bond acceptors (Lipinski definition) is 3. The average Bonchev–Trinajstić information content (AvgIpc) is 3.22. The van der Waals surface area contributed by atoms with Crippen LogP contribution in [0.15, 0.2) is 59.1 Å². The fraction of sp³-hybridized carbons (Fsp3) is 0.370. The van der Waals surface area contributed by atoms with Crippen molar-refractivity contribution in [3.8, 4) is 5.69 Å². The molecule has 0 saturated carbocycles. The van der Waals surface area contributed by atoms with Crippen LogP contribution in [0.4, 0.5) is 16.3 Å². The van der Waals surface area contributed by atoms with E-state index in [1.54, 1.807) is 9.58 Å². The fourth-order valence-electron chi connectivity index (χ4n) is 3.49. The SMILES string of the molecule is CCCCN(CC(=O)Nc1cc(C(C)(C)C)nn1-c1cccc(C)c1)C(=O)Nc1ccc(Br)cc1. The lowest BCUT2D eigenvalue weighted by Crippen LogP contribution is -2.41. The molecule has 7 nitrogen and oxygen atoms in total. The van der Waals surface area contributed by atoms with E-state index in [9.17, 15) is 9.59 Å². The van der Waals surface area contributed by atoms with Gasteiger partial charge in [0.25, 0.3) is 0 Å². The van der Waals surface area contributed by atoms with Crippen molar-refractivity contribution in [3.63, 3.8) is 0 Å². The first-order chi connectivity index (χ1) is 16.6. The molecule has 2 N–H and O–H groups in total. The van der Waals surface area contributed by atoms with Crippen LogP contribution in [0.25, 0.3) is 5.69 Å². The van der Waals surface area contributed by atoms with E-state index in [4.69, 9.17) is 5.10 Å². The monoisotopic (exact) mass is 539 g/mol. The van der Waals surface area contributed by atoms with Crippen LogP contribution in [0.1, 0.15) is 51.8 Å². The zero-order valence-corrected chi connectivity index (χ0v) is 22.6. The lowest BCUT2D eigenvalue weighted by Gasteiger charge is -2.22. The first-order valence-electron chi connectivity index (χ1n) is 11.9. The fourth-order valence-corrected chi connectivity index (χ4v) is 3.75. The maximum absolute atomic E-state index is 13.1. The smallest absolute Gasteiger partial charge is 0.315 e. The van der Waals surface area contributed by atoms with Gasteiger partial charge in [0, 0.05) is 28.2 Å². The zero-order chi connectivity index (χ0) is 25.6. The molecule has 2 aromatic carbocycles. The first-order valence-corrected chi connectivity index (χ1v) is 12.6. The van der Waals surface area contributed by atoms with Gasteiger partial charge in [-0.05, 0) is 55.3 Å². The number of aromatic nitrogens is 2. The van der Waals surface area contributed by atoms with E-state index in [2.05, 4.69) is 54.3 Å². The van der Waals surface area contributed by atoms with Crippen LogP contribution >= 0.6 is 15.9 Å². The molecule has 8 heteroatoms. The number of carbonyl (C=O) groups excluding carboxylic acids is 2. The second-order valence-electron chi connectivity index (χ2n) is 9.68. The highest BCUT2D eigenvalue weighted by atomic mass is 79.9. The number of benzene rings is 2. The van der Waals surface area contributed by atoms with Crippen LogP contribution in [-0.4, -0.2) is 39.7 Å². The number of amides is 3. The Morgan fingerprint density at radius 2 is 1.77 bits per heavy atom. The predicted octanol–water partition coefficient (Wildman–Crippen LogP) is 6.51. The van der Waals surface area contributed by atoms with E-state index in [-0.39, 0.29) is 23.9 Å². The molecule has 0 unspecified atom stereocenters. The van der Waals surface area contributed by atoms with Crippen LogP contribution in [0.2, 0.25) is 0 Å². The summed E-state index contributed by atoms with van der Waals surface area (Å²) in [6.07, 6.45) is 1.72. The topological polar surface area (TPSA) is 79.3 Å². The minimum absolute atomic E-state index is 0.0633. The van der Waals surface area contributed by atoms with Gasteiger partial charge in [-0.3, -0.25) is 4.79 Å². The second kappa shape index (κ2) is 11.5. The standard InChI is InChI=1S/C27H34BrN5O2/c1-6-7-15-32(26(35)29-21-13-11-20(28)12-14-21)18-25(34)30-24-17-23(27(3,4)5)31-33(24)22-10-8-9-19(2)16-22/h8-14,16-17H,6-7,15,18H2,1-5H3,(H,29,35)(H,30,34). The molecule has 35 heavy (non-hydrogen) atoms. The van der Waals surface area contributed by atoms with Gasteiger partial charge in [0.2, 0.25) is 5.91 Å². The van der Waals surface area contributed by atoms with Gasteiger partial charge >= 0.3 is 6.03 Å². The van der Waals surface area contributed by atoms with Gasteiger partial charge in [-0.25, -0.2) is 9.48 Å². The Morgan fingerprint density at radius 1 is 1.06 bits per heavy atom. The molecule has 3 rings (SSSR count).